The molecule has 0 fully saturated rings. The molecule has 0 radical (unpaired) electrons. The summed E-state index contributed by atoms with van der Waals surface area (Å²) in [5.41, 5.74) is 5.01. The van der Waals surface area contributed by atoms with Crippen molar-refractivity contribution in [2.75, 3.05) is 31.3 Å². The molecule has 2 aromatic rings. The van der Waals surface area contributed by atoms with Crippen LogP contribution in [0.1, 0.15) is 27.9 Å². The molecule has 0 aromatic heterocycles. The lowest BCUT2D eigenvalue weighted by Crippen LogP contribution is -2.19. The molecule has 4 heteroatoms. The van der Waals surface area contributed by atoms with Crippen LogP contribution in [0.25, 0.3) is 0 Å². The molecule has 4 nitrogen and oxygen atoms in total. The highest BCUT2D eigenvalue weighted by Crippen LogP contribution is 2.26. The van der Waals surface area contributed by atoms with Crippen molar-refractivity contribution in [2.24, 2.45) is 0 Å². The predicted molar refractivity (Wildman–Crippen MR) is 95.0 cm³/mol. The number of benzene rings is 2. The first-order chi connectivity index (χ1) is 11.1. The maximum atomic E-state index is 12.7. The van der Waals surface area contributed by atoms with Gasteiger partial charge in [0, 0.05) is 30.0 Å². The van der Waals surface area contributed by atoms with Gasteiger partial charge in [-0.1, -0.05) is 18.2 Å². The first kappa shape index (κ1) is 15.6. The summed E-state index contributed by atoms with van der Waals surface area (Å²) in [6.07, 6.45) is 2.02. The van der Waals surface area contributed by atoms with Crippen LogP contribution in [0.2, 0.25) is 0 Å². The summed E-state index contributed by atoms with van der Waals surface area (Å²) in [7, 11) is 4.07. The van der Waals surface area contributed by atoms with E-state index in [1.165, 1.54) is 5.56 Å². The van der Waals surface area contributed by atoms with Crippen molar-refractivity contribution < 1.29 is 4.79 Å². The molecule has 0 atom stereocenters. The zero-order valence-corrected chi connectivity index (χ0v) is 13.7. The van der Waals surface area contributed by atoms with Gasteiger partial charge >= 0.3 is 0 Å². The lowest BCUT2D eigenvalue weighted by Gasteiger charge is -2.20. The van der Waals surface area contributed by atoms with E-state index in [9.17, 15) is 4.79 Å². The van der Waals surface area contributed by atoms with E-state index >= 15 is 0 Å². The van der Waals surface area contributed by atoms with Gasteiger partial charge in [0.05, 0.1) is 0 Å². The molecule has 0 spiro atoms. The fourth-order valence-electron chi connectivity index (χ4n) is 3.03. The third kappa shape index (κ3) is 3.71. The molecule has 0 unspecified atom stereocenters. The molecular formula is C19H23N3O. The van der Waals surface area contributed by atoms with E-state index in [1.54, 1.807) is 0 Å². The third-order valence-electron chi connectivity index (χ3n) is 4.02. The largest absolute Gasteiger partial charge is 0.385 e. The number of hydrogen-bond acceptors (Lipinski definition) is 3. The van der Waals surface area contributed by atoms with Crippen molar-refractivity contribution in [1.82, 2.24) is 4.90 Å². The number of carbonyl (C=O) groups excluding carboxylic acids is 1. The summed E-state index contributed by atoms with van der Waals surface area (Å²) in [5.74, 6) is -0.0347. The Morgan fingerprint density at radius 2 is 2.04 bits per heavy atom. The summed E-state index contributed by atoms with van der Waals surface area (Å²) >= 11 is 0. The van der Waals surface area contributed by atoms with Crippen LogP contribution < -0.4 is 10.6 Å². The topological polar surface area (TPSA) is 44.4 Å². The van der Waals surface area contributed by atoms with E-state index < -0.39 is 0 Å². The molecule has 120 valence electrons. The van der Waals surface area contributed by atoms with Crippen molar-refractivity contribution in [3.8, 4) is 0 Å². The fraction of sp³-hybridized carbons (Fsp3) is 0.316. The molecule has 2 N–H and O–H groups in total. The molecule has 23 heavy (non-hydrogen) atoms. The highest BCUT2D eigenvalue weighted by molar-refractivity contribution is 6.06. The lowest BCUT2D eigenvalue weighted by molar-refractivity contribution is 0.102. The molecular weight excluding hydrogens is 286 g/mol. The normalized spacial score (nSPS) is 13.3. The maximum Gasteiger partial charge on any atom is 0.256 e. The number of fused-ring (bicyclic) bond motifs is 1. The SMILES string of the molecule is CN(C)Cc1cccc(NC(=O)c2cccc3c2CCCN3)c1. The number of carbonyl (C=O) groups is 1. The van der Waals surface area contributed by atoms with Gasteiger partial charge in [-0.2, -0.15) is 0 Å². The number of nitrogens with one attached hydrogen (secondary N) is 2. The molecule has 1 aliphatic heterocycles. The van der Waals surface area contributed by atoms with Gasteiger partial charge in [0.2, 0.25) is 0 Å². The van der Waals surface area contributed by atoms with Crippen molar-refractivity contribution in [2.45, 2.75) is 19.4 Å². The highest BCUT2D eigenvalue weighted by Gasteiger charge is 2.17. The third-order valence-corrected chi connectivity index (χ3v) is 4.02. The Morgan fingerprint density at radius 3 is 2.87 bits per heavy atom. The van der Waals surface area contributed by atoms with Gasteiger partial charge in [-0.25, -0.2) is 0 Å². The number of rotatable bonds is 4. The average molecular weight is 309 g/mol. The van der Waals surface area contributed by atoms with E-state index in [2.05, 4.69) is 21.6 Å². The second-order valence-corrected chi connectivity index (χ2v) is 6.25. The fourth-order valence-corrected chi connectivity index (χ4v) is 3.03. The highest BCUT2D eigenvalue weighted by atomic mass is 16.1. The van der Waals surface area contributed by atoms with Crippen molar-refractivity contribution in [1.29, 1.82) is 0 Å². The van der Waals surface area contributed by atoms with E-state index in [4.69, 9.17) is 0 Å². The average Bonchev–Trinajstić information content (AvgIpc) is 2.54. The van der Waals surface area contributed by atoms with Crippen LogP contribution in [-0.4, -0.2) is 31.4 Å². The minimum atomic E-state index is -0.0347. The van der Waals surface area contributed by atoms with Crippen LogP contribution in [0.5, 0.6) is 0 Å². The monoisotopic (exact) mass is 309 g/mol. The van der Waals surface area contributed by atoms with Crippen LogP contribution in [-0.2, 0) is 13.0 Å². The molecule has 0 aliphatic carbocycles. The predicted octanol–water partition coefficient (Wildman–Crippen LogP) is 3.36. The van der Waals surface area contributed by atoms with Gasteiger partial charge in [0.15, 0.2) is 0 Å². The van der Waals surface area contributed by atoms with Crippen molar-refractivity contribution >= 4 is 17.3 Å². The minimum Gasteiger partial charge on any atom is -0.385 e. The summed E-state index contributed by atoms with van der Waals surface area (Å²) in [6, 6.07) is 13.9. The Hall–Kier alpha value is -2.33. The Labute approximate surface area is 137 Å². The zero-order valence-electron chi connectivity index (χ0n) is 13.7. The number of nitrogens with zero attached hydrogens (tertiary/aromatic N) is 1. The van der Waals surface area contributed by atoms with Gasteiger partial charge in [0.1, 0.15) is 0 Å². The van der Waals surface area contributed by atoms with Gasteiger partial charge in [-0.3, -0.25) is 4.79 Å². The Bertz CT molecular complexity index is 710. The minimum absolute atomic E-state index is 0.0347. The number of hydrogen-bond donors (Lipinski definition) is 2. The zero-order chi connectivity index (χ0) is 16.2. The Kier molecular flexibility index (Phi) is 4.63. The standard InChI is InChI=1S/C19H23N3O/c1-22(2)13-14-6-3-7-15(12-14)21-19(23)17-8-4-10-18-16(17)9-5-11-20-18/h3-4,6-8,10,12,20H,5,9,11,13H2,1-2H3,(H,21,23). The first-order valence-corrected chi connectivity index (χ1v) is 8.04. The molecule has 0 bridgehead atoms. The molecule has 0 saturated carbocycles. The number of anilines is 2. The Balaban J connectivity index is 1.80. The van der Waals surface area contributed by atoms with Crippen LogP contribution in [0.15, 0.2) is 42.5 Å². The van der Waals surface area contributed by atoms with E-state index in [0.717, 1.165) is 48.4 Å². The van der Waals surface area contributed by atoms with Crippen LogP contribution >= 0.6 is 0 Å². The van der Waals surface area contributed by atoms with E-state index in [1.807, 2.05) is 50.5 Å². The van der Waals surface area contributed by atoms with E-state index in [-0.39, 0.29) is 5.91 Å². The summed E-state index contributed by atoms with van der Waals surface area (Å²) in [5, 5.41) is 6.40. The van der Waals surface area contributed by atoms with Crippen LogP contribution in [0.4, 0.5) is 11.4 Å². The Morgan fingerprint density at radius 1 is 1.22 bits per heavy atom. The second-order valence-electron chi connectivity index (χ2n) is 6.25. The summed E-state index contributed by atoms with van der Waals surface area (Å²) in [4.78, 5) is 14.8. The summed E-state index contributed by atoms with van der Waals surface area (Å²) < 4.78 is 0. The molecule has 1 heterocycles. The molecule has 1 amide bonds. The van der Waals surface area contributed by atoms with Crippen molar-refractivity contribution in [3.63, 3.8) is 0 Å². The van der Waals surface area contributed by atoms with Crippen molar-refractivity contribution in [3.05, 3.63) is 59.2 Å². The first-order valence-electron chi connectivity index (χ1n) is 8.04. The number of amides is 1. The lowest BCUT2D eigenvalue weighted by atomic mass is 9.97. The molecule has 2 aromatic carbocycles. The second kappa shape index (κ2) is 6.84. The van der Waals surface area contributed by atoms with E-state index in [0.29, 0.717) is 0 Å². The van der Waals surface area contributed by atoms with Gasteiger partial charge in [-0.15, -0.1) is 0 Å². The molecule has 0 saturated heterocycles. The van der Waals surface area contributed by atoms with Crippen LogP contribution in [0.3, 0.4) is 0 Å². The summed E-state index contributed by atoms with van der Waals surface area (Å²) in [6.45, 7) is 1.83. The van der Waals surface area contributed by atoms with Crippen LogP contribution in [0, 0.1) is 0 Å². The van der Waals surface area contributed by atoms with Gasteiger partial charge in [0.25, 0.3) is 5.91 Å². The molecule has 1 aliphatic rings. The molecule has 3 rings (SSSR count). The quantitative estimate of drug-likeness (QED) is 0.910. The maximum absolute atomic E-state index is 12.7. The van der Waals surface area contributed by atoms with Gasteiger partial charge in [-0.05, 0) is 62.3 Å². The van der Waals surface area contributed by atoms with Gasteiger partial charge < -0.3 is 15.5 Å². The smallest absolute Gasteiger partial charge is 0.256 e.